The molecule has 2 aromatic rings. The number of hydrogen-bond acceptors (Lipinski definition) is 8. The molecule has 124 valence electrons. The van der Waals surface area contributed by atoms with Gasteiger partial charge in [-0.25, -0.2) is 15.0 Å². The largest absolute Gasteiger partial charge is 0.394 e. The Morgan fingerprint density at radius 1 is 1.35 bits per heavy atom. The maximum atomic E-state index is 9.58. The third-order valence-electron chi connectivity index (χ3n) is 4.02. The van der Waals surface area contributed by atoms with Crippen LogP contribution in [-0.2, 0) is 14.2 Å². The van der Waals surface area contributed by atoms with Crippen LogP contribution in [0.1, 0.15) is 20.1 Å². The Bertz CT molecular complexity index is 766. The summed E-state index contributed by atoms with van der Waals surface area (Å²) < 4.78 is 20.0. The summed E-state index contributed by atoms with van der Waals surface area (Å²) in [6, 6.07) is 0. The van der Waals surface area contributed by atoms with Crippen LogP contribution in [0.15, 0.2) is 11.1 Å². The van der Waals surface area contributed by atoms with Crippen molar-refractivity contribution in [2.24, 2.45) is 0 Å². The summed E-state index contributed by atoms with van der Waals surface area (Å²) in [4.78, 5) is 12.5. The number of aromatic nitrogens is 4. The zero-order valence-electron chi connectivity index (χ0n) is 12.5. The van der Waals surface area contributed by atoms with Crippen molar-refractivity contribution in [3.05, 3.63) is 11.1 Å². The molecule has 0 radical (unpaired) electrons. The molecule has 0 unspecified atom stereocenters. The van der Waals surface area contributed by atoms with Crippen LogP contribution in [0.5, 0.6) is 0 Å². The van der Waals surface area contributed by atoms with Crippen LogP contribution in [-0.4, -0.2) is 55.3 Å². The number of anilines is 1. The molecule has 9 nitrogen and oxygen atoms in total. The van der Waals surface area contributed by atoms with Gasteiger partial charge in [0.1, 0.15) is 24.6 Å². The van der Waals surface area contributed by atoms with Gasteiger partial charge in [0.25, 0.3) is 0 Å². The molecule has 0 amide bonds. The second-order valence-electron chi connectivity index (χ2n) is 5.99. The zero-order valence-corrected chi connectivity index (χ0v) is 14.1. The summed E-state index contributed by atoms with van der Waals surface area (Å²) in [5.74, 6) is -0.464. The van der Waals surface area contributed by atoms with Crippen molar-refractivity contribution in [3.63, 3.8) is 0 Å². The van der Waals surface area contributed by atoms with Crippen LogP contribution in [0, 0.1) is 0 Å². The van der Waals surface area contributed by atoms with E-state index in [9.17, 15) is 5.11 Å². The Labute approximate surface area is 139 Å². The van der Waals surface area contributed by atoms with Crippen LogP contribution >= 0.6 is 15.9 Å². The van der Waals surface area contributed by atoms with E-state index in [1.54, 1.807) is 4.57 Å². The van der Waals surface area contributed by atoms with E-state index in [4.69, 9.17) is 19.9 Å². The number of ether oxygens (including phenoxy) is 3. The Kier molecular flexibility index (Phi) is 3.36. The van der Waals surface area contributed by atoms with E-state index in [2.05, 4.69) is 30.9 Å². The molecule has 2 aliphatic rings. The van der Waals surface area contributed by atoms with Crippen LogP contribution in [0.4, 0.5) is 5.82 Å². The summed E-state index contributed by atoms with van der Waals surface area (Å²) in [5, 5.41) is 9.58. The highest BCUT2D eigenvalue weighted by Crippen LogP contribution is 2.44. The molecule has 2 aromatic heterocycles. The van der Waals surface area contributed by atoms with E-state index < -0.39 is 24.2 Å². The molecule has 0 aromatic carbocycles. The van der Waals surface area contributed by atoms with Gasteiger partial charge in [-0.2, -0.15) is 0 Å². The van der Waals surface area contributed by atoms with Crippen LogP contribution in [0.3, 0.4) is 0 Å². The smallest absolute Gasteiger partial charge is 0.181 e. The SMILES string of the molecule is CC1(C)O[C@@H]2[C@H](O1)[C@@H](CO)O[C@H]2n1c(Br)nc2c(N)ncnc21. The third-order valence-corrected chi connectivity index (χ3v) is 4.58. The average Bonchev–Trinajstić information content (AvgIpc) is 3.08. The summed E-state index contributed by atoms with van der Waals surface area (Å²) in [6.45, 7) is 3.49. The van der Waals surface area contributed by atoms with Gasteiger partial charge in [0.15, 0.2) is 33.7 Å². The van der Waals surface area contributed by atoms with Crippen LogP contribution in [0.2, 0.25) is 0 Å². The van der Waals surface area contributed by atoms with Crippen molar-refractivity contribution < 1.29 is 19.3 Å². The number of aliphatic hydroxyl groups excluding tert-OH is 1. The number of nitrogen functional groups attached to an aromatic ring is 1. The summed E-state index contributed by atoms with van der Waals surface area (Å²) in [6.07, 6.45) is -0.438. The van der Waals surface area contributed by atoms with E-state index >= 15 is 0 Å². The van der Waals surface area contributed by atoms with Crippen LogP contribution < -0.4 is 5.73 Å². The predicted octanol–water partition coefficient (Wildman–Crippen LogP) is 0.581. The molecule has 2 saturated heterocycles. The molecule has 2 fully saturated rings. The van der Waals surface area contributed by atoms with Crippen molar-refractivity contribution in [3.8, 4) is 0 Å². The molecular formula is C13H16BrN5O4. The maximum absolute atomic E-state index is 9.58. The lowest BCUT2D eigenvalue weighted by molar-refractivity contribution is -0.200. The number of nitrogens with zero attached hydrogens (tertiary/aromatic N) is 4. The minimum absolute atomic E-state index is 0.168. The van der Waals surface area contributed by atoms with E-state index in [1.165, 1.54) is 6.33 Å². The molecule has 0 aliphatic carbocycles. The molecule has 23 heavy (non-hydrogen) atoms. The molecule has 0 spiro atoms. The quantitative estimate of drug-likeness (QED) is 0.720. The molecule has 2 aliphatic heterocycles. The van der Waals surface area contributed by atoms with Crippen molar-refractivity contribution in [2.45, 2.75) is 44.2 Å². The second kappa shape index (κ2) is 5.08. The Hall–Kier alpha value is -1.33. The fraction of sp³-hybridized carbons (Fsp3) is 0.615. The molecule has 0 bridgehead atoms. The van der Waals surface area contributed by atoms with Crippen molar-refractivity contribution in [2.75, 3.05) is 12.3 Å². The van der Waals surface area contributed by atoms with Gasteiger partial charge in [-0.15, -0.1) is 0 Å². The first-order chi connectivity index (χ1) is 10.9. The zero-order chi connectivity index (χ0) is 16.4. The number of rotatable bonds is 2. The van der Waals surface area contributed by atoms with E-state index in [0.717, 1.165) is 0 Å². The van der Waals surface area contributed by atoms with Gasteiger partial charge >= 0.3 is 0 Å². The van der Waals surface area contributed by atoms with Gasteiger partial charge in [0, 0.05) is 0 Å². The number of hydrogen-bond donors (Lipinski definition) is 2. The second-order valence-corrected chi connectivity index (χ2v) is 6.70. The predicted molar refractivity (Wildman–Crippen MR) is 82.3 cm³/mol. The van der Waals surface area contributed by atoms with Crippen LogP contribution in [0.25, 0.3) is 11.2 Å². The Morgan fingerprint density at radius 3 is 2.83 bits per heavy atom. The van der Waals surface area contributed by atoms with Gasteiger partial charge in [-0.05, 0) is 29.8 Å². The van der Waals surface area contributed by atoms with Crippen molar-refractivity contribution >= 4 is 32.9 Å². The van der Waals surface area contributed by atoms with Gasteiger partial charge in [0.05, 0.1) is 6.61 Å². The van der Waals surface area contributed by atoms with Crippen molar-refractivity contribution in [1.82, 2.24) is 19.5 Å². The summed E-state index contributed by atoms with van der Waals surface area (Å²) >= 11 is 3.41. The number of imidazole rings is 1. The van der Waals surface area contributed by atoms with E-state index in [-0.39, 0.29) is 18.5 Å². The van der Waals surface area contributed by atoms with E-state index in [0.29, 0.717) is 15.9 Å². The lowest BCUT2D eigenvalue weighted by Gasteiger charge is -2.24. The molecule has 4 rings (SSSR count). The lowest BCUT2D eigenvalue weighted by atomic mass is 10.1. The maximum Gasteiger partial charge on any atom is 0.181 e. The molecular weight excluding hydrogens is 370 g/mol. The first-order valence-corrected chi connectivity index (χ1v) is 7.96. The first kappa shape index (κ1) is 15.2. The van der Waals surface area contributed by atoms with Gasteiger partial charge in [0.2, 0.25) is 0 Å². The van der Waals surface area contributed by atoms with Gasteiger partial charge < -0.3 is 25.1 Å². The third kappa shape index (κ3) is 2.24. The number of fused-ring (bicyclic) bond motifs is 2. The Morgan fingerprint density at radius 2 is 2.09 bits per heavy atom. The number of nitrogens with two attached hydrogens (primary N) is 1. The minimum atomic E-state index is -0.748. The Balaban J connectivity index is 1.82. The minimum Gasteiger partial charge on any atom is -0.394 e. The van der Waals surface area contributed by atoms with Gasteiger partial charge in [-0.1, -0.05) is 0 Å². The topological polar surface area (TPSA) is 118 Å². The fourth-order valence-corrected chi connectivity index (χ4v) is 3.69. The highest BCUT2D eigenvalue weighted by atomic mass is 79.9. The molecule has 3 N–H and O–H groups in total. The van der Waals surface area contributed by atoms with Gasteiger partial charge in [-0.3, -0.25) is 4.57 Å². The summed E-state index contributed by atoms with van der Waals surface area (Å²) in [7, 11) is 0. The summed E-state index contributed by atoms with van der Waals surface area (Å²) in [5.41, 5.74) is 6.86. The normalized spacial score (nSPS) is 32.5. The van der Waals surface area contributed by atoms with E-state index in [1.807, 2.05) is 13.8 Å². The first-order valence-electron chi connectivity index (χ1n) is 7.17. The monoisotopic (exact) mass is 385 g/mol. The number of halogens is 1. The lowest BCUT2D eigenvalue weighted by Crippen LogP contribution is -2.31. The molecule has 10 heteroatoms. The highest BCUT2D eigenvalue weighted by Gasteiger charge is 2.56. The molecule has 0 saturated carbocycles. The number of aliphatic hydroxyl groups is 1. The van der Waals surface area contributed by atoms with Crippen molar-refractivity contribution in [1.29, 1.82) is 0 Å². The molecule has 4 atom stereocenters. The standard InChI is InChI=1S/C13H16BrN5O4/c1-13(2)22-7-5(3-20)21-11(8(7)23-13)19-10-6(18-12(19)14)9(15)16-4-17-10/h4-5,7-8,11,20H,3H2,1-2H3,(H2,15,16,17)/t5-,7-,8-,11-/m1/s1. The highest BCUT2D eigenvalue weighted by molar-refractivity contribution is 9.10. The fourth-order valence-electron chi connectivity index (χ4n) is 3.14. The molecule has 4 heterocycles. The average molecular weight is 386 g/mol.